The molecule has 0 saturated carbocycles. The molecule has 1 amide bonds. The first-order valence-corrected chi connectivity index (χ1v) is 7.31. The van der Waals surface area contributed by atoms with Crippen LogP contribution in [0.2, 0.25) is 5.02 Å². The fraction of sp³-hybridized carbons (Fsp3) is 0.312. The molecule has 0 spiro atoms. The summed E-state index contributed by atoms with van der Waals surface area (Å²) in [7, 11) is 0. The van der Waals surface area contributed by atoms with Gasteiger partial charge in [0, 0.05) is 11.6 Å². The molecule has 21 heavy (non-hydrogen) atoms. The quantitative estimate of drug-likeness (QED) is 0.926. The minimum atomic E-state index is -0.325. The van der Waals surface area contributed by atoms with Gasteiger partial charge in [-0.2, -0.15) is 0 Å². The largest absolute Gasteiger partial charge is 0.321 e. The van der Waals surface area contributed by atoms with Gasteiger partial charge in [0.25, 0.3) is 5.91 Å². The minimum absolute atomic E-state index is 0.137. The topological polar surface area (TPSA) is 54.9 Å². The van der Waals surface area contributed by atoms with Crippen LogP contribution in [-0.4, -0.2) is 15.9 Å². The zero-order valence-corrected chi connectivity index (χ0v) is 13.1. The lowest BCUT2D eigenvalue weighted by Crippen LogP contribution is -2.16. The molecule has 0 fully saturated rings. The van der Waals surface area contributed by atoms with Crippen molar-refractivity contribution in [3.8, 4) is 0 Å². The number of rotatable bonds is 4. The van der Waals surface area contributed by atoms with Gasteiger partial charge in [-0.15, -0.1) is 0 Å². The summed E-state index contributed by atoms with van der Waals surface area (Å²) in [5, 5.41) is 3.05. The Kier molecular flexibility index (Phi) is 4.91. The Morgan fingerprint density at radius 2 is 1.95 bits per heavy atom. The summed E-state index contributed by atoms with van der Waals surface area (Å²) < 4.78 is 0. The molecule has 1 N–H and O–H groups in total. The van der Waals surface area contributed by atoms with Crippen LogP contribution in [0, 0.1) is 0 Å². The lowest BCUT2D eigenvalue weighted by molar-refractivity contribution is 0.102. The van der Waals surface area contributed by atoms with Gasteiger partial charge >= 0.3 is 0 Å². The summed E-state index contributed by atoms with van der Waals surface area (Å²) in [5.74, 6) is 0.414. The predicted octanol–water partition coefficient (Wildman–Crippen LogP) is 4.07. The second-order valence-electron chi connectivity index (χ2n) is 5.08. The first kappa shape index (κ1) is 15.4. The van der Waals surface area contributed by atoms with Crippen molar-refractivity contribution in [2.75, 3.05) is 5.32 Å². The molecule has 2 aromatic rings. The summed E-state index contributed by atoms with van der Waals surface area (Å²) in [6.45, 7) is 6.02. The van der Waals surface area contributed by atoms with Crippen LogP contribution in [0.25, 0.3) is 0 Å². The molecule has 4 nitrogen and oxygen atoms in total. The van der Waals surface area contributed by atoms with Crippen LogP contribution >= 0.6 is 11.6 Å². The number of hydrogen-bond donors (Lipinski definition) is 1. The van der Waals surface area contributed by atoms with Gasteiger partial charge in [-0.05, 0) is 24.1 Å². The zero-order chi connectivity index (χ0) is 15.4. The van der Waals surface area contributed by atoms with E-state index in [0.29, 0.717) is 5.82 Å². The van der Waals surface area contributed by atoms with E-state index in [4.69, 9.17) is 11.6 Å². The highest BCUT2D eigenvalue weighted by molar-refractivity contribution is 6.33. The molecule has 0 bridgehead atoms. The molecule has 1 aromatic carbocycles. The fourth-order valence-corrected chi connectivity index (χ4v) is 2.01. The Labute approximate surface area is 129 Å². The van der Waals surface area contributed by atoms with Crippen molar-refractivity contribution in [1.82, 2.24) is 9.97 Å². The fourth-order valence-electron chi connectivity index (χ4n) is 1.83. The highest BCUT2D eigenvalue weighted by Crippen LogP contribution is 2.18. The molecule has 0 aliphatic heterocycles. The van der Waals surface area contributed by atoms with Crippen molar-refractivity contribution < 1.29 is 4.79 Å². The number of halogens is 1. The molecule has 0 aliphatic rings. The van der Waals surface area contributed by atoms with E-state index in [1.165, 1.54) is 11.8 Å². The Balaban J connectivity index is 2.21. The number of aromatic nitrogens is 2. The number of nitrogens with one attached hydrogen (secondary N) is 1. The number of carbonyl (C=O) groups excluding carboxylic acids is 1. The summed E-state index contributed by atoms with van der Waals surface area (Å²) in [6, 6.07) is 7.71. The molecule has 0 radical (unpaired) electrons. The summed E-state index contributed by atoms with van der Waals surface area (Å²) in [4.78, 5) is 20.7. The maximum atomic E-state index is 12.3. The Morgan fingerprint density at radius 1 is 1.29 bits per heavy atom. The third-order valence-corrected chi connectivity index (χ3v) is 3.39. The first-order valence-electron chi connectivity index (χ1n) is 6.94. The minimum Gasteiger partial charge on any atom is -0.321 e. The second-order valence-corrected chi connectivity index (χ2v) is 5.49. The van der Waals surface area contributed by atoms with Gasteiger partial charge in [0.1, 0.15) is 5.82 Å². The van der Waals surface area contributed by atoms with Gasteiger partial charge in [0.05, 0.1) is 11.2 Å². The van der Waals surface area contributed by atoms with E-state index in [0.717, 1.165) is 12.1 Å². The van der Waals surface area contributed by atoms with Gasteiger partial charge < -0.3 is 5.32 Å². The third kappa shape index (κ3) is 3.79. The monoisotopic (exact) mass is 303 g/mol. The maximum Gasteiger partial charge on any atom is 0.275 e. The molecule has 0 unspecified atom stereocenters. The van der Waals surface area contributed by atoms with Crippen LogP contribution in [0.1, 0.15) is 48.6 Å². The van der Waals surface area contributed by atoms with Crippen LogP contribution < -0.4 is 5.32 Å². The molecule has 1 aromatic heterocycles. The lowest BCUT2D eigenvalue weighted by Gasteiger charge is -2.09. The van der Waals surface area contributed by atoms with Gasteiger partial charge in [-0.25, -0.2) is 9.97 Å². The number of amides is 1. The van der Waals surface area contributed by atoms with E-state index in [9.17, 15) is 4.79 Å². The van der Waals surface area contributed by atoms with Crippen LogP contribution in [0.5, 0.6) is 0 Å². The molecular formula is C16H18ClN3O. The van der Waals surface area contributed by atoms with E-state index in [1.54, 1.807) is 0 Å². The highest BCUT2D eigenvalue weighted by Gasteiger charge is 2.15. The van der Waals surface area contributed by atoms with Gasteiger partial charge in [0.2, 0.25) is 0 Å². The smallest absolute Gasteiger partial charge is 0.275 e. The summed E-state index contributed by atoms with van der Waals surface area (Å²) in [6.07, 6.45) is 2.43. The van der Waals surface area contributed by atoms with Gasteiger partial charge in [0.15, 0.2) is 5.69 Å². The Morgan fingerprint density at radius 3 is 2.52 bits per heavy atom. The van der Waals surface area contributed by atoms with Crippen molar-refractivity contribution in [2.24, 2.45) is 0 Å². The van der Waals surface area contributed by atoms with Crippen LogP contribution in [0.4, 0.5) is 5.69 Å². The lowest BCUT2D eigenvalue weighted by atomic mass is 10.1. The zero-order valence-electron chi connectivity index (χ0n) is 12.4. The number of benzene rings is 1. The average Bonchev–Trinajstić information content (AvgIpc) is 2.48. The standard InChI is InChI=1S/C16H18ClN3O/c1-4-11-5-7-12(8-6-11)19-16(21)14-13(17)9-18-15(20-14)10(2)3/h5-10H,4H2,1-3H3,(H,19,21). The number of nitrogens with zero attached hydrogens (tertiary/aromatic N) is 2. The average molecular weight is 304 g/mol. The normalized spacial score (nSPS) is 10.7. The number of aryl methyl sites for hydroxylation is 1. The molecule has 0 atom stereocenters. The Hall–Kier alpha value is -1.94. The molecule has 0 aliphatic carbocycles. The first-order chi connectivity index (χ1) is 10.0. The number of anilines is 1. The van der Waals surface area contributed by atoms with Crippen LogP contribution in [0.15, 0.2) is 30.5 Å². The van der Waals surface area contributed by atoms with E-state index in [1.807, 2.05) is 38.1 Å². The van der Waals surface area contributed by atoms with E-state index >= 15 is 0 Å². The van der Waals surface area contributed by atoms with Crippen molar-refractivity contribution in [1.29, 1.82) is 0 Å². The summed E-state index contributed by atoms with van der Waals surface area (Å²) >= 11 is 6.02. The van der Waals surface area contributed by atoms with E-state index < -0.39 is 0 Å². The molecular weight excluding hydrogens is 286 g/mol. The number of carbonyl (C=O) groups is 1. The SMILES string of the molecule is CCc1ccc(NC(=O)c2nc(C(C)C)ncc2Cl)cc1. The van der Waals surface area contributed by atoms with Gasteiger partial charge in [-0.1, -0.05) is 44.5 Å². The molecule has 2 rings (SSSR count). The predicted molar refractivity (Wildman–Crippen MR) is 84.9 cm³/mol. The van der Waals surface area contributed by atoms with Crippen molar-refractivity contribution >= 4 is 23.2 Å². The highest BCUT2D eigenvalue weighted by atomic mass is 35.5. The molecule has 5 heteroatoms. The van der Waals surface area contributed by atoms with Crippen LogP contribution in [-0.2, 0) is 6.42 Å². The summed E-state index contributed by atoms with van der Waals surface area (Å²) in [5.41, 5.74) is 2.14. The Bertz CT molecular complexity index is 638. The number of hydrogen-bond acceptors (Lipinski definition) is 3. The van der Waals surface area contributed by atoms with E-state index in [-0.39, 0.29) is 22.5 Å². The van der Waals surface area contributed by atoms with Crippen LogP contribution in [0.3, 0.4) is 0 Å². The van der Waals surface area contributed by atoms with Crippen molar-refractivity contribution in [2.45, 2.75) is 33.1 Å². The molecule has 0 saturated heterocycles. The molecule has 1 heterocycles. The van der Waals surface area contributed by atoms with E-state index in [2.05, 4.69) is 22.2 Å². The van der Waals surface area contributed by atoms with Gasteiger partial charge in [-0.3, -0.25) is 4.79 Å². The van der Waals surface area contributed by atoms with Crippen molar-refractivity contribution in [3.05, 3.63) is 52.6 Å². The van der Waals surface area contributed by atoms with Crippen molar-refractivity contribution in [3.63, 3.8) is 0 Å². The third-order valence-electron chi connectivity index (χ3n) is 3.11. The maximum absolute atomic E-state index is 12.3. The second kappa shape index (κ2) is 6.68. The molecule has 110 valence electrons.